The number of rotatable bonds is 7. The molecule has 136 valence electrons. The first-order valence-electron chi connectivity index (χ1n) is 8.05. The molecule has 0 atom stereocenters. The second kappa shape index (κ2) is 8.21. The summed E-state index contributed by atoms with van der Waals surface area (Å²) < 4.78 is 16.1. The molecule has 0 spiro atoms. The van der Waals surface area contributed by atoms with Crippen LogP contribution >= 0.6 is 11.6 Å². The Morgan fingerprint density at radius 3 is 2.62 bits per heavy atom. The van der Waals surface area contributed by atoms with Crippen molar-refractivity contribution in [1.82, 2.24) is 15.0 Å². The van der Waals surface area contributed by atoms with Crippen molar-refractivity contribution in [2.24, 2.45) is 0 Å². The number of halogens is 1. The lowest BCUT2D eigenvalue weighted by Crippen LogP contribution is -2.17. The highest BCUT2D eigenvalue weighted by Crippen LogP contribution is 2.33. The third kappa shape index (κ3) is 4.15. The summed E-state index contributed by atoms with van der Waals surface area (Å²) in [4.78, 5) is 6.19. The van der Waals surface area contributed by atoms with Crippen LogP contribution in [0.15, 0.2) is 47.2 Å². The minimum atomic E-state index is 0.551. The molecule has 0 aliphatic carbocycles. The van der Waals surface area contributed by atoms with Gasteiger partial charge in [-0.1, -0.05) is 16.8 Å². The predicted octanol–water partition coefficient (Wildman–Crippen LogP) is 4.04. The normalized spacial score (nSPS) is 11.0. The van der Waals surface area contributed by atoms with Gasteiger partial charge < -0.3 is 14.0 Å². The molecule has 2 heterocycles. The topological polar surface area (TPSA) is 60.6 Å². The van der Waals surface area contributed by atoms with Gasteiger partial charge in [0, 0.05) is 42.2 Å². The van der Waals surface area contributed by atoms with E-state index in [9.17, 15) is 0 Å². The molecule has 0 radical (unpaired) electrons. The molecule has 7 heteroatoms. The second-order valence-corrected chi connectivity index (χ2v) is 6.30. The lowest BCUT2D eigenvalue weighted by atomic mass is 10.1. The highest BCUT2D eigenvalue weighted by Gasteiger charge is 2.14. The largest absolute Gasteiger partial charge is 0.496 e. The number of nitrogens with zero attached hydrogens (tertiary/aromatic N) is 3. The molecule has 6 nitrogen and oxygen atoms in total. The molecule has 0 aliphatic rings. The van der Waals surface area contributed by atoms with Crippen molar-refractivity contribution in [2.75, 3.05) is 21.3 Å². The summed E-state index contributed by atoms with van der Waals surface area (Å²) in [7, 11) is 5.20. The van der Waals surface area contributed by atoms with Crippen LogP contribution in [0.2, 0.25) is 5.02 Å². The lowest BCUT2D eigenvalue weighted by Gasteiger charge is -2.18. The van der Waals surface area contributed by atoms with Crippen LogP contribution in [-0.4, -0.2) is 36.3 Å². The van der Waals surface area contributed by atoms with Crippen molar-refractivity contribution in [3.05, 3.63) is 59.1 Å². The highest BCUT2D eigenvalue weighted by molar-refractivity contribution is 6.32. The lowest BCUT2D eigenvalue weighted by molar-refractivity contribution is 0.263. The molecular weight excluding hydrogens is 354 g/mol. The van der Waals surface area contributed by atoms with Gasteiger partial charge in [-0.3, -0.25) is 9.88 Å². The Kier molecular flexibility index (Phi) is 5.75. The van der Waals surface area contributed by atoms with Crippen LogP contribution < -0.4 is 9.47 Å². The number of benzene rings is 1. The monoisotopic (exact) mass is 373 g/mol. The van der Waals surface area contributed by atoms with Gasteiger partial charge in [0.1, 0.15) is 17.2 Å². The van der Waals surface area contributed by atoms with E-state index in [1.807, 2.05) is 31.3 Å². The van der Waals surface area contributed by atoms with Gasteiger partial charge in [-0.05, 0) is 25.2 Å². The van der Waals surface area contributed by atoms with Crippen molar-refractivity contribution in [1.29, 1.82) is 0 Å². The second-order valence-electron chi connectivity index (χ2n) is 5.89. The zero-order valence-electron chi connectivity index (χ0n) is 14.9. The smallest absolute Gasteiger partial charge is 0.151 e. The fourth-order valence-corrected chi connectivity index (χ4v) is 2.96. The van der Waals surface area contributed by atoms with E-state index in [1.54, 1.807) is 32.7 Å². The molecule has 26 heavy (non-hydrogen) atoms. The number of aromatic nitrogens is 2. The van der Waals surface area contributed by atoms with E-state index in [1.165, 1.54) is 0 Å². The first-order chi connectivity index (χ1) is 12.6. The fraction of sp³-hybridized carbons (Fsp3) is 0.263. The van der Waals surface area contributed by atoms with Crippen molar-refractivity contribution in [3.63, 3.8) is 0 Å². The van der Waals surface area contributed by atoms with Gasteiger partial charge in [-0.2, -0.15) is 0 Å². The van der Waals surface area contributed by atoms with Gasteiger partial charge in [0.25, 0.3) is 0 Å². The molecule has 0 saturated heterocycles. The Balaban J connectivity index is 1.71. The van der Waals surface area contributed by atoms with E-state index in [-0.39, 0.29) is 0 Å². The SMILES string of the molecule is COc1cc(OC)c(CN(C)Cc2cc(-c3cccnc3)no2)cc1Cl. The van der Waals surface area contributed by atoms with Crippen LogP contribution in [0.5, 0.6) is 11.5 Å². The molecular formula is C19H20ClN3O3. The maximum atomic E-state index is 6.24. The summed E-state index contributed by atoms with van der Waals surface area (Å²) in [6.07, 6.45) is 3.49. The standard InChI is InChI=1S/C19H20ClN3O3/c1-23(11-14-7-16(20)19(25-3)9-18(14)24-2)12-15-8-17(22-26-15)13-5-4-6-21-10-13/h4-10H,11-12H2,1-3H3. The van der Waals surface area contributed by atoms with Crippen LogP contribution in [0.25, 0.3) is 11.3 Å². The molecule has 0 aliphatic heterocycles. The Morgan fingerprint density at radius 1 is 1.12 bits per heavy atom. The maximum Gasteiger partial charge on any atom is 0.151 e. The van der Waals surface area contributed by atoms with Crippen LogP contribution in [0.4, 0.5) is 0 Å². The van der Waals surface area contributed by atoms with Crippen LogP contribution in [0, 0.1) is 0 Å². The summed E-state index contributed by atoms with van der Waals surface area (Å²) in [5.74, 6) is 2.09. The zero-order chi connectivity index (χ0) is 18.5. The van der Waals surface area contributed by atoms with Crippen molar-refractivity contribution in [3.8, 4) is 22.8 Å². The van der Waals surface area contributed by atoms with Crippen LogP contribution in [0.3, 0.4) is 0 Å². The molecule has 3 aromatic rings. The Hall–Kier alpha value is -2.57. The summed E-state index contributed by atoms with van der Waals surface area (Å²) in [5.41, 5.74) is 2.66. The van der Waals surface area contributed by atoms with Gasteiger partial charge in [0.2, 0.25) is 0 Å². The average molecular weight is 374 g/mol. The number of pyridine rings is 1. The molecule has 0 unspecified atom stereocenters. The average Bonchev–Trinajstić information content (AvgIpc) is 3.11. The highest BCUT2D eigenvalue weighted by atomic mass is 35.5. The van der Waals surface area contributed by atoms with E-state index in [0.717, 1.165) is 28.3 Å². The predicted molar refractivity (Wildman–Crippen MR) is 99.5 cm³/mol. The maximum absolute atomic E-state index is 6.24. The van der Waals surface area contributed by atoms with E-state index in [0.29, 0.717) is 23.9 Å². The number of hydrogen-bond donors (Lipinski definition) is 0. The molecule has 3 rings (SSSR count). The number of ether oxygens (including phenoxy) is 2. The van der Waals surface area contributed by atoms with Crippen LogP contribution in [-0.2, 0) is 13.1 Å². The summed E-state index contributed by atoms with van der Waals surface area (Å²) in [6.45, 7) is 1.23. The third-order valence-corrected chi connectivity index (χ3v) is 4.23. The Labute approximate surface area is 157 Å². The van der Waals surface area contributed by atoms with E-state index >= 15 is 0 Å². The van der Waals surface area contributed by atoms with E-state index in [2.05, 4.69) is 15.0 Å². The van der Waals surface area contributed by atoms with E-state index in [4.69, 9.17) is 25.6 Å². The summed E-state index contributed by atoms with van der Waals surface area (Å²) >= 11 is 6.24. The van der Waals surface area contributed by atoms with Crippen molar-refractivity contribution >= 4 is 11.6 Å². The minimum Gasteiger partial charge on any atom is -0.496 e. The molecule has 1 aromatic carbocycles. The first-order valence-corrected chi connectivity index (χ1v) is 8.43. The van der Waals surface area contributed by atoms with Gasteiger partial charge in [0.05, 0.1) is 25.8 Å². The molecule has 0 bridgehead atoms. The molecule has 0 amide bonds. The zero-order valence-corrected chi connectivity index (χ0v) is 15.7. The quantitative estimate of drug-likeness (QED) is 0.623. The summed E-state index contributed by atoms with van der Waals surface area (Å²) in [5, 5.41) is 4.66. The number of methoxy groups -OCH3 is 2. The van der Waals surface area contributed by atoms with Gasteiger partial charge >= 0.3 is 0 Å². The summed E-state index contributed by atoms with van der Waals surface area (Å²) in [6, 6.07) is 9.39. The minimum absolute atomic E-state index is 0.551. The number of hydrogen-bond acceptors (Lipinski definition) is 6. The van der Waals surface area contributed by atoms with Gasteiger partial charge in [-0.15, -0.1) is 0 Å². The third-order valence-electron chi connectivity index (χ3n) is 3.94. The Morgan fingerprint density at radius 2 is 1.92 bits per heavy atom. The van der Waals surface area contributed by atoms with Gasteiger partial charge in [0.15, 0.2) is 5.76 Å². The Bertz CT molecular complexity index is 868. The fourth-order valence-electron chi connectivity index (χ4n) is 2.70. The van der Waals surface area contributed by atoms with Gasteiger partial charge in [-0.25, -0.2) is 0 Å². The first kappa shape index (κ1) is 18.2. The van der Waals surface area contributed by atoms with Crippen LogP contribution in [0.1, 0.15) is 11.3 Å². The molecule has 0 N–H and O–H groups in total. The molecule has 0 fully saturated rings. The molecule has 2 aromatic heterocycles. The molecule has 0 saturated carbocycles. The van der Waals surface area contributed by atoms with Crippen molar-refractivity contribution in [2.45, 2.75) is 13.1 Å². The van der Waals surface area contributed by atoms with E-state index < -0.39 is 0 Å². The van der Waals surface area contributed by atoms with Crippen molar-refractivity contribution < 1.29 is 14.0 Å².